The Morgan fingerprint density at radius 2 is 2.23 bits per heavy atom. The molecule has 0 bridgehead atoms. The second-order valence-electron chi connectivity index (χ2n) is 4.57. The molecule has 1 aliphatic heterocycles. The molecule has 2 unspecified atom stereocenters. The van der Waals surface area contributed by atoms with Crippen LogP contribution in [0.25, 0.3) is 0 Å². The molecule has 0 radical (unpaired) electrons. The smallest absolute Gasteiger partial charge is 0.321 e. The highest BCUT2D eigenvalue weighted by atomic mass is 16.4. The van der Waals surface area contributed by atoms with Crippen LogP contribution in [-0.2, 0) is 4.79 Å². The molecule has 0 aliphatic carbocycles. The molecule has 13 heavy (non-hydrogen) atoms. The predicted octanol–water partition coefficient (Wildman–Crippen LogP) is 1.63. The largest absolute Gasteiger partial charge is 0.480 e. The van der Waals surface area contributed by atoms with Gasteiger partial charge in [-0.3, -0.25) is 4.79 Å². The Labute approximate surface area is 79.5 Å². The third-order valence-corrected chi connectivity index (χ3v) is 3.06. The topological polar surface area (TPSA) is 49.3 Å². The maximum Gasteiger partial charge on any atom is 0.321 e. The van der Waals surface area contributed by atoms with E-state index in [-0.39, 0.29) is 11.5 Å². The summed E-state index contributed by atoms with van der Waals surface area (Å²) in [6.45, 7) is 6.13. The quantitative estimate of drug-likeness (QED) is 0.687. The SMILES string of the molecule is CCC1CCC(C)(C)C(C(=O)O)N1. The van der Waals surface area contributed by atoms with Gasteiger partial charge >= 0.3 is 5.97 Å². The Balaban J connectivity index is 2.69. The standard InChI is InChI=1S/C10H19NO2/c1-4-7-5-6-10(2,3)8(11-7)9(12)13/h7-8,11H,4-6H2,1-3H3,(H,12,13). The van der Waals surface area contributed by atoms with Gasteiger partial charge in [0.25, 0.3) is 0 Å². The van der Waals surface area contributed by atoms with Gasteiger partial charge in [0.1, 0.15) is 6.04 Å². The lowest BCUT2D eigenvalue weighted by molar-refractivity contribution is -0.144. The molecule has 0 aromatic carbocycles. The van der Waals surface area contributed by atoms with Crippen LogP contribution in [0.15, 0.2) is 0 Å². The van der Waals surface area contributed by atoms with Gasteiger partial charge in [0.15, 0.2) is 0 Å². The predicted molar refractivity (Wildman–Crippen MR) is 51.7 cm³/mol. The molecule has 1 rings (SSSR count). The fraction of sp³-hybridized carbons (Fsp3) is 0.900. The summed E-state index contributed by atoms with van der Waals surface area (Å²) >= 11 is 0. The molecular formula is C10H19NO2. The molecule has 1 aliphatic rings. The Morgan fingerprint density at radius 3 is 2.69 bits per heavy atom. The first-order valence-corrected chi connectivity index (χ1v) is 4.96. The Kier molecular flexibility index (Phi) is 2.96. The van der Waals surface area contributed by atoms with Gasteiger partial charge in [-0.25, -0.2) is 0 Å². The van der Waals surface area contributed by atoms with Crippen molar-refractivity contribution in [1.29, 1.82) is 0 Å². The lowest BCUT2D eigenvalue weighted by Crippen LogP contribution is -2.55. The van der Waals surface area contributed by atoms with E-state index < -0.39 is 5.97 Å². The maximum absolute atomic E-state index is 11.0. The first-order valence-electron chi connectivity index (χ1n) is 4.96. The van der Waals surface area contributed by atoms with E-state index in [1.807, 2.05) is 13.8 Å². The lowest BCUT2D eigenvalue weighted by atomic mass is 9.75. The molecule has 3 heteroatoms. The van der Waals surface area contributed by atoms with E-state index in [9.17, 15) is 4.79 Å². The highest BCUT2D eigenvalue weighted by Gasteiger charge is 2.39. The van der Waals surface area contributed by atoms with Gasteiger partial charge in [-0.05, 0) is 24.7 Å². The second-order valence-corrected chi connectivity index (χ2v) is 4.57. The van der Waals surface area contributed by atoms with E-state index in [0.29, 0.717) is 6.04 Å². The summed E-state index contributed by atoms with van der Waals surface area (Å²) in [6.07, 6.45) is 3.10. The van der Waals surface area contributed by atoms with Crippen molar-refractivity contribution >= 4 is 5.97 Å². The van der Waals surface area contributed by atoms with Gasteiger partial charge in [0, 0.05) is 6.04 Å². The molecule has 2 N–H and O–H groups in total. The molecule has 0 saturated carbocycles. The van der Waals surface area contributed by atoms with Crippen molar-refractivity contribution in [3.8, 4) is 0 Å². The zero-order valence-corrected chi connectivity index (χ0v) is 8.63. The van der Waals surface area contributed by atoms with Gasteiger partial charge in [-0.2, -0.15) is 0 Å². The number of rotatable bonds is 2. The lowest BCUT2D eigenvalue weighted by Gasteiger charge is -2.40. The second kappa shape index (κ2) is 3.66. The maximum atomic E-state index is 11.0. The highest BCUT2D eigenvalue weighted by molar-refractivity contribution is 5.74. The fourth-order valence-electron chi connectivity index (χ4n) is 1.96. The summed E-state index contributed by atoms with van der Waals surface area (Å²) in [6, 6.07) is 0.000301. The van der Waals surface area contributed by atoms with Crippen LogP contribution >= 0.6 is 0 Å². The summed E-state index contributed by atoms with van der Waals surface area (Å²) in [5.74, 6) is -0.719. The van der Waals surface area contributed by atoms with Gasteiger partial charge in [0.05, 0.1) is 0 Å². The number of nitrogens with one attached hydrogen (secondary N) is 1. The fourth-order valence-corrected chi connectivity index (χ4v) is 1.96. The van der Waals surface area contributed by atoms with E-state index >= 15 is 0 Å². The van der Waals surface area contributed by atoms with Gasteiger partial charge in [-0.15, -0.1) is 0 Å². The highest BCUT2D eigenvalue weighted by Crippen LogP contribution is 2.32. The summed E-state index contributed by atoms with van der Waals surface area (Å²) in [5, 5.41) is 12.2. The zero-order chi connectivity index (χ0) is 10.1. The molecule has 0 spiro atoms. The van der Waals surface area contributed by atoms with Crippen LogP contribution in [0.1, 0.15) is 40.0 Å². The minimum Gasteiger partial charge on any atom is -0.480 e. The van der Waals surface area contributed by atoms with Crippen LogP contribution < -0.4 is 5.32 Å². The third-order valence-electron chi connectivity index (χ3n) is 3.06. The molecule has 1 fully saturated rings. The molecule has 1 saturated heterocycles. The van der Waals surface area contributed by atoms with Crippen molar-refractivity contribution < 1.29 is 9.90 Å². The summed E-state index contributed by atoms with van der Waals surface area (Å²) in [5.41, 5.74) is -0.114. The third kappa shape index (κ3) is 2.21. The van der Waals surface area contributed by atoms with Crippen molar-refractivity contribution in [1.82, 2.24) is 5.32 Å². The van der Waals surface area contributed by atoms with Crippen LogP contribution in [-0.4, -0.2) is 23.2 Å². The average molecular weight is 185 g/mol. The number of hydrogen-bond acceptors (Lipinski definition) is 2. The average Bonchev–Trinajstić information content (AvgIpc) is 2.03. The molecule has 2 atom stereocenters. The van der Waals surface area contributed by atoms with E-state index in [4.69, 9.17) is 5.11 Å². The van der Waals surface area contributed by atoms with Gasteiger partial charge in [-0.1, -0.05) is 20.8 Å². The Hall–Kier alpha value is -0.570. The van der Waals surface area contributed by atoms with E-state index in [2.05, 4.69) is 12.2 Å². The molecule has 0 aromatic rings. The van der Waals surface area contributed by atoms with Crippen molar-refractivity contribution in [2.45, 2.75) is 52.1 Å². The Morgan fingerprint density at radius 1 is 1.62 bits per heavy atom. The number of piperidine rings is 1. The van der Waals surface area contributed by atoms with Crippen LogP contribution in [0.3, 0.4) is 0 Å². The minimum absolute atomic E-state index is 0.114. The van der Waals surface area contributed by atoms with Crippen LogP contribution in [0.4, 0.5) is 0 Å². The Bertz CT molecular complexity index is 201. The molecule has 0 aromatic heterocycles. The molecule has 1 heterocycles. The van der Waals surface area contributed by atoms with E-state index in [1.165, 1.54) is 0 Å². The van der Waals surface area contributed by atoms with Crippen molar-refractivity contribution in [2.75, 3.05) is 0 Å². The summed E-state index contributed by atoms with van der Waals surface area (Å²) < 4.78 is 0. The monoisotopic (exact) mass is 185 g/mol. The van der Waals surface area contributed by atoms with Gasteiger partial charge < -0.3 is 10.4 Å². The normalized spacial score (nSPS) is 32.8. The number of carboxylic acids is 1. The van der Waals surface area contributed by atoms with E-state index in [0.717, 1.165) is 19.3 Å². The first kappa shape index (κ1) is 10.5. The van der Waals surface area contributed by atoms with Crippen LogP contribution in [0.2, 0.25) is 0 Å². The van der Waals surface area contributed by atoms with Gasteiger partial charge in [0.2, 0.25) is 0 Å². The molecule has 3 nitrogen and oxygen atoms in total. The first-order chi connectivity index (χ1) is 5.97. The summed E-state index contributed by atoms with van der Waals surface area (Å²) in [7, 11) is 0. The van der Waals surface area contributed by atoms with Crippen LogP contribution in [0.5, 0.6) is 0 Å². The molecule has 0 amide bonds. The van der Waals surface area contributed by atoms with Crippen molar-refractivity contribution in [3.63, 3.8) is 0 Å². The molecular weight excluding hydrogens is 166 g/mol. The number of hydrogen-bond donors (Lipinski definition) is 2. The van der Waals surface area contributed by atoms with Crippen molar-refractivity contribution in [3.05, 3.63) is 0 Å². The van der Waals surface area contributed by atoms with E-state index in [1.54, 1.807) is 0 Å². The minimum atomic E-state index is -0.719. The number of aliphatic carboxylic acids is 1. The van der Waals surface area contributed by atoms with Crippen molar-refractivity contribution in [2.24, 2.45) is 5.41 Å². The van der Waals surface area contributed by atoms with Crippen LogP contribution in [0, 0.1) is 5.41 Å². The summed E-state index contributed by atoms with van der Waals surface area (Å²) in [4.78, 5) is 11.0. The number of carbonyl (C=O) groups is 1. The zero-order valence-electron chi connectivity index (χ0n) is 8.63. The molecule has 76 valence electrons. The number of carboxylic acid groups (broad SMARTS) is 1.